The molecule has 0 saturated carbocycles. The predicted octanol–water partition coefficient (Wildman–Crippen LogP) is 1.91. The van der Waals surface area contributed by atoms with E-state index in [1.807, 2.05) is 24.5 Å². The molecule has 0 saturated heterocycles. The summed E-state index contributed by atoms with van der Waals surface area (Å²) in [4.78, 5) is 12.4. The third-order valence-corrected chi connectivity index (χ3v) is 3.53. The minimum atomic E-state index is -0.338. The Labute approximate surface area is 138 Å². The Bertz CT molecular complexity index is 810. The number of nitrogens with zero attached hydrogens (tertiary/aromatic N) is 3. The second-order valence-electron chi connectivity index (χ2n) is 5.19. The van der Waals surface area contributed by atoms with Gasteiger partial charge >= 0.3 is 0 Å². The maximum atomic E-state index is 13.2. The second-order valence-corrected chi connectivity index (χ2v) is 5.19. The first kappa shape index (κ1) is 15.9. The van der Waals surface area contributed by atoms with Gasteiger partial charge in [0, 0.05) is 25.5 Å². The largest absolute Gasteiger partial charge is 0.396 e. The van der Waals surface area contributed by atoms with Crippen LogP contribution in [-0.4, -0.2) is 38.5 Å². The normalized spacial score (nSPS) is 10.8. The van der Waals surface area contributed by atoms with Gasteiger partial charge in [0.05, 0.1) is 11.9 Å². The fourth-order valence-electron chi connectivity index (χ4n) is 2.37. The Hall–Kier alpha value is -2.93. The zero-order valence-electron chi connectivity index (χ0n) is 12.9. The number of hydrogen-bond acceptors (Lipinski definition) is 3. The Kier molecular flexibility index (Phi) is 4.72. The van der Waals surface area contributed by atoms with Gasteiger partial charge in [0.15, 0.2) is 5.82 Å². The summed E-state index contributed by atoms with van der Waals surface area (Å²) in [5.41, 5.74) is 1.04. The highest BCUT2D eigenvalue weighted by atomic mass is 19.1. The van der Waals surface area contributed by atoms with E-state index < -0.39 is 0 Å². The summed E-state index contributed by atoms with van der Waals surface area (Å²) in [6, 6.07) is 9.57. The number of aliphatic hydroxyl groups excluding tert-OH is 1. The molecule has 0 aliphatic heterocycles. The van der Waals surface area contributed by atoms with Crippen LogP contribution in [0.15, 0.2) is 55.0 Å². The summed E-state index contributed by atoms with van der Waals surface area (Å²) in [6.07, 6.45) is 5.58. The quantitative estimate of drug-likeness (QED) is 0.679. The highest BCUT2D eigenvalue weighted by Gasteiger charge is 2.19. The molecular weight excluding hydrogens is 311 g/mol. The highest BCUT2D eigenvalue weighted by molar-refractivity contribution is 5.97. The Balaban J connectivity index is 2.01. The maximum Gasteiger partial charge on any atom is 0.256 e. The van der Waals surface area contributed by atoms with Gasteiger partial charge in [-0.2, -0.15) is 5.10 Å². The first-order valence-electron chi connectivity index (χ1n) is 7.57. The highest BCUT2D eigenvalue weighted by Crippen LogP contribution is 2.20. The minimum Gasteiger partial charge on any atom is -0.396 e. The lowest BCUT2D eigenvalue weighted by Gasteiger charge is -2.11. The van der Waals surface area contributed by atoms with Crippen molar-refractivity contribution in [3.63, 3.8) is 0 Å². The van der Waals surface area contributed by atoms with Crippen molar-refractivity contribution in [2.45, 2.75) is 6.42 Å². The fraction of sp³-hybridized carbons (Fsp3) is 0.176. The van der Waals surface area contributed by atoms with Gasteiger partial charge in [0.25, 0.3) is 5.91 Å². The van der Waals surface area contributed by atoms with Gasteiger partial charge in [-0.25, -0.2) is 9.07 Å². The van der Waals surface area contributed by atoms with E-state index in [1.54, 1.807) is 21.4 Å². The predicted molar refractivity (Wildman–Crippen MR) is 86.9 cm³/mol. The third kappa shape index (κ3) is 3.21. The Morgan fingerprint density at radius 1 is 1.21 bits per heavy atom. The van der Waals surface area contributed by atoms with Crippen molar-refractivity contribution in [2.75, 3.05) is 13.2 Å². The number of carbonyl (C=O) groups is 1. The van der Waals surface area contributed by atoms with Crippen LogP contribution < -0.4 is 5.32 Å². The molecule has 1 aromatic carbocycles. The molecule has 1 amide bonds. The van der Waals surface area contributed by atoms with E-state index in [0.717, 1.165) is 0 Å². The number of carbonyl (C=O) groups excluding carboxylic acids is 1. The Morgan fingerprint density at radius 3 is 2.58 bits per heavy atom. The van der Waals surface area contributed by atoms with Gasteiger partial charge in [-0.1, -0.05) is 0 Å². The molecule has 0 fully saturated rings. The lowest BCUT2D eigenvalue weighted by molar-refractivity contribution is 0.0951. The van der Waals surface area contributed by atoms with Crippen molar-refractivity contribution in [3.8, 4) is 11.5 Å². The molecule has 0 radical (unpaired) electrons. The monoisotopic (exact) mass is 328 g/mol. The van der Waals surface area contributed by atoms with Crippen LogP contribution in [0.4, 0.5) is 4.39 Å². The van der Waals surface area contributed by atoms with E-state index >= 15 is 0 Å². The smallest absolute Gasteiger partial charge is 0.256 e. The van der Waals surface area contributed by atoms with E-state index in [2.05, 4.69) is 10.4 Å². The van der Waals surface area contributed by atoms with Crippen LogP contribution >= 0.6 is 0 Å². The lowest BCUT2D eigenvalue weighted by Crippen LogP contribution is -2.26. The van der Waals surface area contributed by atoms with Crippen LogP contribution in [0.2, 0.25) is 0 Å². The third-order valence-electron chi connectivity index (χ3n) is 3.53. The van der Waals surface area contributed by atoms with E-state index in [9.17, 15) is 9.18 Å². The fourth-order valence-corrected chi connectivity index (χ4v) is 2.37. The number of amides is 1. The van der Waals surface area contributed by atoms with Crippen molar-refractivity contribution in [3.05, 3.63) is 66.4 Å². The van der Waals surface area contributed by atoms with E-state index in [-0.39, 0.29) is 18.3 Å². The first-order chi connectivity index (χ1) is 11.7. The molecule has 2 N–H and O–H groups in total. The molecule has 0 unspecified atom stereocenters. The van der Waals surface area contributed by atoms with Gasteiger partial charge in [0.2, 0.25) is 0 Å². The summed E-state index contributed by atoms with van der Waals surface area (Å²) in [5, 5.41) is 15.9. The molecule has 0 bridgehead atoms. The molecule has 0 atom stereocenters. The number of nitrogens with one attached hydrogen (secondary N) is 1. The van der Waals surface area contributed by atoms with E-state index in [0.29, 0.717) is 30.0 Å². The van der Waals surface area contributed by atoms with Crippen LogP contribution in [-0.2, 0) is 0 Å². The zero-order chi connectivity index (χ0) is 16.9. The number of aromatic nitrogens is 3. The molecule has 3 rings (SSSR count). The van der Waals surface area contributed by atoms with Gasteiger partial charge in [-0.3, -0.25) is 4.79 Å². The minimum absolute atomic E-state index is 0.0135. The van der Waals surface area contributed by atoms with Gasteiger partial charge in [0.1, 0.15) is 11.4 Å². The Morgan fingerprint density at radius 2 is 1.92 bits per heavy atom. The van der Waals surface area contributed by atoms with Gasteiger partial charge in [-0.05, 0) is 42.8 Å². The summed E-state index contributed by atoms with van der Waals surface area (Å²) in [5.74, 6) is -0.0518. The van der Waals surface area contributed by atoms with Crippen molar-refractivity contribution in [1.29, 1.82) is 0 Å². The summed E-state index contributed by atoms with van der Waals surface area (Å²) in [7, 11) is 0. The molecule has 3 aromatic rings. The van der Waals surface area contributed by atoms with Crippen molar-refractivity contribution in [2.24, 2.45) is 0 Å². The van der Waals surface area contributed by atoms with Crippen LogP contribution in [0.5, 0.6) is 0 Å². The first-order valence-corrected chi connectivity index (χ1v) is 7.57. The molecule has 7 heteroatoms. The molecule has 124 valence electrons. The average molecular weight is 328 g/mol. The number of aliphatic hydroxyl groups is 1. The number of benzene rings is 1. The maximum absolute atomic E-state index is 13.2. The summed E-state index contributed by atoms with van der Waals surface area (Å²) in [6.45, 7) is 0.391. The zero-order valence-corrected chi connectivity index (χ0v) is 12.9. The topological polar surface area (TPSA) is 72.1 Å². The second kappa shape index (κ2) is 7.10. The molecular formula is C17H17FN4O2. The summed E-state index contributed by atoms with van der Waals surface area (Å²) < 4.78 is 16.5. The van der Waals surface area contributed by atoms with Gasteiger partial charge in [-0.15, -0.1) is 0 Å². The standard InChI is InChI=1S/C17H17FN4O2/c18-13-4-6-14(7-5-13)22-17(21-9-1-2-10-21)15(12-20-22)16(24)19-8-3-11-23/h1-2,4-7,9-10,12,23H,3,8,11H2,(H,19,24). The number of halogens is 1. The van der Waals surface area contributed by atoms with Crippen LogP contribution in [0.3, 0.4) is 0 Å². The molecule has 24 heavy (non-hydrogen) atoms. The molecule has 0 aliphatic rings. The lowest BCUT2D eigenvalue weighted by atomic mass is 10.2. The average Bonchev–Trinajstić information content (AvgIpc) is 3.24. The number of hydrogen-bond donors (Lipinski definition) is 2. The van der Waals surface area contributed by atoms with Crippen LogP contribution in [0.1, 0.15) is 16.8 Å². The van der Waals surface area contributed by atoms with E-state index in [1.165, 1.54) is 18.3 Å². The molecule has 0 spiro atoms. The van der Waals surface area contributed by atoms with Crippen molar-refractivity contribution >= 4 is 5.91 Å². The molecule has 6 nitrogen and oxygen atoms in total. The van der Waals surface area contributed by atoms with Crippen molar-refractivity contribution in [1.82, 2.24) is 19.7 Å². The van der Waals surface area contributed by atoms with E-state index in [4.69, 9.17) is 5.11 Å². The number of rotatable bonds is 6. The van der Waals surface area contributed by atoms with Crippen LogP contribution in [0, 0.1) is 5.82 Å². The SMILES string of the molecule is O=C(NCCCO)c1cnn(-c2ccc(F)cc2)c1-n1cccc1. The van der Waals surface area contributed by atoms with Crippen molar-refractivity contribution < 1.29 is 14.3 Å². The summed E-state index contributed by atoms with van der Waals surface area (Å²) >= 11 is 0. The molecule has 0 aliphatic carbocycles. The van der Waals surface area contributed by atoms with Gasteiger partial charge < -0.3 is 15.0 Å². The molecule has 2 aromatic heterocycles. The van der Waals surface area contributed by atoms with Crippen LogP contribution in [0.25, 0.3) is 11.5 Å². The molecule has 2 heterocycles.